The summed E-state index contributed by atoms with van der Waals surface area (Å²) in [4.78, 5) is 58.0. The molecule has 0 aromatic heterocycles. The van der Waals surface area contributed by atoms with E-state index in [4.69, 9.17) is 39.9 Å². The van der Waals surface area contributed by atoms with Crippen molar-refractivity contribution in [1.29, 1.82) is 10.5 Å². The van der Waals surface area contributed by atoms with Crippen LogP contribution in [0.1, 0.15) is 44.7 Å². The lowest BCUT2D eigenvalue weighted by Gasteiger charge is -2.28. The Labute approximate surface area is 381 Å². The molecule has 2 saturated heterocycles. The molecule has 2 aliphatic heterocycles. The predicted molar refractivity (Wildman–Crippen MR) is 246 cm³/mol. The summed E-state index contributed by atoms with van der Waals surface area (Å²) < 4.78 is 33.7. The molecule has 0 spiro atoms. The number of nitriles is 2. The molecule has 338 valence electrons. The van der Waals surface area contributed by atoms with Gasteiger partial charge < -0.3 is 49.7 Å². The molecule has 2 aliphatic rings. The van der Waals surface area contributed by atoms with Crippen molar-refractivity contribution in [3.05, 3.63) is 122 Å². The van der Waals surface area contributed by atoms with E-state index in [1.54, 1.807) is 0 Å². The molecule has 2 fully saturated rings. The van der Waals surface area contributed by atoms with Crippen LogP contribution in [0.2, 0.25) is 0 Å². The number of rotatable bonds is 25. The van der Waals surface area contributed by atoms with Gasteiger partial charge in [-0.2, -0.15) is 10.5 Å². The summed E-state index contributed by atoms with van der Waals surface area (Å²) in [5.74, 6) is -0.398. The number of hydrogen-bond donors (Lipinski definition) is 2. The Bertz CT molecular complexity index is 2040. The first-order chi connectivity index (χ1) is 30.9. The summed E-state index contributed by atoms with van der Waals surface area (Å²) in [6, 6.07) is 5.36. The lowest BCUT2D eigenvalue weighted by Crippen LogP contribution is -2.51. The quantitative estimate of drug-likeness (QED) is 0.0631. The van der Waals surface area contributed by atoms with Crippen molar-refractivity contribution in [1.82, 2.24) is 9.80 Å². The number of nitrogens with zero attached hydrogens (tertiary/aromatic N) is 4. The zero-order chi connectivity index (χ0) is 46.8. The summed E-state index contributed by atoms with van der Waals surface area (Å²) in [6.45, 7) is 22.4. The van der Waals surface area contributed by atoms with Crippen molar-refractivity contribution in [2.45, 2.75) is 47.5 Å². The van der Waals surface area contributed by atoms with Crippen molar-refractivity contribution >= 4 is 45.3 Å². The monoisotopic (exact) mass is 912 g/mol. The van der Waals surface area contributed by atoms with Crippen LogP contribution in [0.5, 0.6) is 23.0 Å². The molecule has 2 amide bonds. The maximum atomic E-state index is 14.2. The van der Waals surface area contributed by atoms with Gasteiger partial charge in [0.05, 0.1) is 35.3 Å². The van der Waals surface area contributed by atoms with Gasteiger partial charge in [-0.3, -0.25) is 9.59 Å². The molecule has 0 saturated carbocycles. The Balaban J connectivity index is 1.58. The van der Waals surface area contributed by atoms with Gasteiger partial charge in [0.25, 0.3) is 0 Å². The molecule has 4 N–H and O–H groups in total. The Kier molecular flexibility index (Phi) is 19.6. The molecular formula is C46H52N6O10S2. The van der Waals surface area contributed by atoms with Crippen molar-refractivity contribution < 1.29 is 47.6 Å². The fraction of sp³-hybridized carbons (Fsp3) is 0.348. The van der Waals surface area contributed by atoms with Crippen LogP contribution in [0.15, 0.2) is 100 Å². The number of benzene rings is 2. The Morgan fingerprint density at radius 1 is 0.594 bits per heavy atom. The second-order valence-corrected chi connectivity index (χ2v) is 17.0. The van der Waals surface area contributed by atoms with Crippen LogP contribution < -0.4 is 30.4 Å². The molecule has 2 aromatic carbocycles. The van der Waals surface area contributed by atoms with Crippen LogP contribution >= 0.6 is 21.6 Å². The van der Waals surface area contributed by atoms with E-state index in [0.717, 1.165) is 0 Å². The smallest absolute Gasteiger partial charge is 0.410 e. The van der Waals surface area contributed by atoms with E-state index in [9.17, 15) is 29.7 Å². The van der Waals surface area contributed by atoms with Gasteiger partial charge in [-0.1, -0.05) is 97.5 Å². The first-order valence-electron chi connectivity index (χ1n) is 20.0. The van der Waals surface area contributed by atoms with E-state index >= 15 is 0 Å². The third-order valence-electron chi connectivity index (χ3n) is 9.86. The summed E-state index contributed by atoms with van der Waals surface area (Å²) in [5, 5.41) is 19.5. The topological polar surface area (TPSA) is 230 Å². The number of ketones is 2. The molecule has 18 heteroatoms. The number of carbonyl (C=O) groups is 4. The average molecular weight is 913 g/mol. The van der Waals surface area contributed by atoms with Crippen molar-refractivity contribution in [2.75, 3.05) is 52.7 Å². The van der Waals surface area contributed by atoms with E-state index < -0.39 is 47.9 Å². The number of likely N-dealkylation sites (tertiary alicyclic amines) is 2. The standard InChI is InChI=1S/C46H52N6O10S2/c1-7-13-57-37-19-29(25-47)33(23-39(37)59-15-9-3)43(53)41(49)35-21-31(27-51(35)45(55)61-17-11-5)63-64-32-22-36(52(28-32)46(56)62-18-12-6)42(50)44(54)34-24-40(60-16-10-4)38(58-14-8-2)20-30(34)26-48/h7-12,19-20,23-24,31-32,35-36,41-42H,1-6,13-18,21-22,27-28,49-50H2. The predicted octanol–water partition coefficient (Wildman–Crippen LogP) is 6.32. The number of Topliss-reactive ketones (excluding diaryl/α,β-unsaturated/α-hetero) is 2. The van der Waals surface area contributed by atoms with Crippen LogP contribution in [-0.2, 0) is 9.47 Å². The van der Waals surface area contributed by atoms with E-state index in [1.807, 2.05) is 12.1 Å². The van der Waals surface area contributed by atoms with Gasteiger partial charge >= 0.3 is 12.2 Å². The fourth-order valence-electron chi connectivity index (χ4n) is 6.94. The third kappa shape index (κ3) is 12.6. The van der Waals surface area contributed by atoms with Gasteiger partial charge in [-0.15, -0.1) is 0 Å². The maximum Gasteiger partial charge on any atom is 0.410 e. The van der Waals surface area contributed by atoms with Crippen LogP contribution in [0.4, 0.5) is 9.59 Å². The molecule has 2 heterocycles. The van der Waals surface area contributed by atoms with E-state index in [-0.39, 0.29) is 121 Å². The van der Waals surface area contributed by atoms with Crippen LogP contribution in [-0.4, -0.2) is 121 Å². The number of carbonyl (C=O) groups excluding carboxylic acids is 4. The molecule has 6 unspecified atom stereocenters. The first kappa shape index (κ1) is 50.2. The van der Waals surface area contributed by atoms with E-state index in [2.05, 4.69) is 39.5 Å². The Morgan fingerprint density at radius 3 is 1.20 bits per heavy atom. The average Bonchev–Trinajstić information content (AvgIpc) is 3.95. The molecule has 2 aromatic rings. The van der Waals surface area contributed by atoms with E-state index in [0.29, 0.717) is 0 Å². The summed E-state index contributed by atoms with van der Waals surface area (Å²) in [5.41, 5.74) is 13.3. The van der Waals surface area contributed by atoms with Crippen LogP contribution in [0.25, 0.3) is 0 Å². The minimum atomic E-state index is -1.29. The van der Waals surface area contributed by atoms with Gasteiger partial charge in [-0.25, -0.2) is 9.59 Å². The summed E-state index contributed by atoms with van der Waals surface area (Å²) in [6.07, 6.45) is 8.00. The van der Waals surface area contributed by atoms with Gasteiger partial charge in [0.1, 0.15) is 51.8 Å². The molecule has 6 atom stereocenters. The second kappa shape index (κ2) is 25.0. The number of hydrogen-bond acceptors (Lipinski definition) is 16. The van der Waals surface area contributed by atoms with Gasteiger partial charge in [0.2, 0.25) is 0 Å². The van der Waals surface area contributed by atoms with Crippen LogP contribution in [0.3, 0.4) is 0 Å². The van der Waals surface area contributed by atoms with Crippen molar-refractivity contribution in [3.63, 3.8) is 0 Å². The lowest BCUT2D eigenvalue weighted by atomic mass is 9.93. The number of nitrogens with two attached hydrogens (primary N) is 2. The number of amides is 2. The zero-order valence-electron chi connectivity index (χ0n) is 35.4. The number of ether oxygens (including phenoxy) is 6. The summed E-state index contributed by atoms with van der Waals surface area (Å²) in [7, 11) is 2.84. The highest BCUT2D eigenvalue weighted by molar-refractivity contribution is 8.77. The Hall–Kier alpha value is -6.44. The van der Waals surface area contributed by atoms with Gasteiger partial charge in [-0.05, 0) is 25.0 Å². The third-order valence-corrected chi connectivity index (χ3v) is 13.2. The minimum absolute atomic E-state index is 0.00533. The zero-order valence-corrected chi connectivity index (χ0v) is 37.0. The highest BCUT2D eigenvalue weighted by Gasteiger charge is 2.46. The Morgan fingerprint density at radius 2 is 0.906 bits per heavy atom. The normalized spacial score (nSPS) is 18.5. The fourth-order valence-corrected chi connectivity index (χ4v) is 10.0. The molecule has 0 bridgehead atoms. The highest BCUT2D eigenvalue weighted by Crippen LogP contribution is 2.43. The highest BCUT2D eigenvalue weighted by atomic mass is 33.1. The molecule has 0 radical (unpaired) electrons. The molecule has 16 nitrogen and oxygen atoms in total. The van der Waals surface area contributed by atoms with Gasteiger partial charge in [0.15, 0.2) is 34.6 Å². The summed E-state index contributed by atoms with van der Waals surface area (Å²) >= 11 is 0. The molecule has 4 rings (SSSR count). The second-order valence-electron chi connectivity index (χ2n) is 14.2. The minimum Gasteiger partial charge on any atom is -0.486 e. The largest absolute Gasteiger partial charge is 0.486 e. The van der Waals surface area contributed by atoms with E-state index in [1.165, 1.54) is 92.1 Å². The SMILES string of the molecule is C=CCOC(=O)N1CC(SSC2CC(C(N)C(=O)c3cc(OCC=C)c(OCC=C)cc3C#N)N(C(=O)OCC=C)C2)CC1C(N)C(=O)c1cc(OCC=C)c(OCC=C)cc1C#N. The van der Waals surface area contributed by atoms with Crippen LogP contribution in [0, 0.1) is 22.7 Å². The lowest BCUT2D eigenvalue weighted by molar-refractivity contribution is 0.0835. The molecular weight excluding hydrogens is 861 g/mol. The van der Waals surface area contributed by atoms with Crippen molar-refractivity contribution in [2.24, 2.45) is 11.5 Å². The van der Waals surface area contributed by atoms with Crippen molar-refractivity contribution in [3.8, 4) is 35.1 Å². The molecule has 64 heavy (non-hydrogen) atoms. The van der Waals surface area contributed by atoms with Gasteiger partial charge in [0, 0.05) is 46.8 Å². The molecule has 0 aliphatic carbocycles. The maximum absolute atomic E-state index is 14.2. The first-order valence-corrected chi connectivity index (χ1v) is 22.3.